The summed E-state index contributed by atoms with van der Waals surface area (Å²) in [5, 5.41) is 9.09. The van der Waals surface area contributed by atoms with Crippen LogP contribution in [0.5, 0.6) is 0 Å². The molecule has 126 valence electrons. The van der Waals surface area contributed by atoms with Crippen LogP contribution >= 0.6 is 0 Å². The van der Waals surface area contributed by atoms with Gasteiger partial charge in [-0.3, -0.25) is 9.59 Å². The third-order valence-corrected chi connectivity index (χ3v) is 4.43. The van der Waals surface area contributed by atoms with Gasteiger partial charge in [0.05, 0.1) is 0 Å². The number of Topliss-reactive ketones (excluding diaryl/α,β-unsaturated/α-hetero) is 1. The van der Waals surface area contributed by atoms with E-state index >= 15 is 0 Å². The minimum absolute atomic E-state index is 0.259. The van der Waals surface area contributed by atoms with E-state index in [9.17, 15) is 9.59 Å². The molecule has 24 heavy (non-hydrogen) atoms. The van der Waals surface area contributed by atoms with Crippen molar-refractivity contribution in [1.82, 2.24) is 0 Å². The molecule has 0 spiro atoms. The molecule has 0 heterocycles. The van der Waals surface area contributed by atoms with Crippen molar-refractivity contribution in [2.24, 2.45) is 5.92 Å². The van der Waals surface area contributed by atoms with E-state index in [0.717, 1.165) is 19.3 Å². The van der Waals surface area contributed by atoms with Crippen LogP contribution in [0.2, 0.25) is 0 Å². The van der Waals surface area contributed by atoms with Crippen LogP contribution in [0.4, 0.5) is 0 Å². The lowest BCUT2D eigenvalue weighted by Crippen LogP contribution is -2.21. The lowest BCUT2D eigenvalue weighted by Gasteiger charge is -2.18. The Balaban J connectivity index is 2.00. The summed E-state index contributed by atoms with van der Waals surface area (Å²) in [6, 6.07) is 20.7. The molecule has 3 nitrogen and oxygen atoms in total. The van der Waals surface area contributed by atoms with Crippen LogP contribution in [0, 0.1) is 5.92 Å². The van der Waals surface area contributed by atoms with Crippen molar-refractivity contribution in [3.05, 3.63) is 71.8 Å². The summed E-state index contributed by atoms with van der Waals surface area (Å²) >= 11 is 0. The molecule has 2 aromatic carbocycles. The van der Waals surface area contributed by atoms with Gasteiger partial charge in [-0.15, -0.1) is 0 Å². The first kappa shape index (κ1) is 17.9. The molecule has 0 fully saturated rings. The van der Waals surface area contributed by atoms with Gasteiger partial charge in [-0.05, 0) is 30.9 Å². The standard InChI is InChI=1S/C21H24O3/c1-16(22)19(21(23)24)14-8-9-15-20(17-10-4-2-5-11-17)18-12-6-3-7-13-18/h2-7,10-13,19-20H,8-9,14-15H2,1H3,(H,23,24). The third-order valence-electron chi connectivity index (χ3n) is 4.43. The van der Waals surface area contributed by atoms with Gasteiger partial charge in [0, 0.05) is 5.92 Å². The van der Waals surface area contributed by atoms with Gasteiger partial charge < -0.3 is 5.11 Å². The fourth-order valence-electron chi connectivity index (χ4n) is 3.09. The Morgan fingerprint density at radius 3 is 1.71 bits per heavy atom. The highest BCUT2D eigenvalue weighted by molar-refractivity contribution is 5.96. The summed E-state index contributed by atoms with van der Waals surface area (Å²) in [4.78, 5) is 22.5. The molecule has 0 aromatic heterocycles. The van der Waals surface area contributed by atoms with E-state index in [2.05, 4.69) is 24.3 Å². The molecule has 0 saturated heterocycles. The van der Waals surface area contributed by atoms with Gasteiger partial charge in [-0.2, -0.15) is 0 Å². The van der Waals surface area contributed by atoms with Gasteiger partial charge in [-0.1, -0.05) is 73.5 Å². The molecule has 0 aliphatic heterocycles. The SMILES string of the molecule is CC(=O)C(CCCCC(c1ccccc1)c1ccccc1)C(=O)O. The average Bonchev–Trinajstić information content (AvgIpc) is 2.59. The van der Waals surface area contributed by atoms with Crippen molar-refractivity contribution in [2.75, 3.05) is 0 Å². The highest BCUT2D eigenvalue weighted by atomic mass is 16.4. The zero-order valence-corrected chi connectivity index (χ0v) is 14.0. The van der Waals surface area contributed by atoms with Gasteiger partial charge in [-0.25, -0.2) is 0 Å². The summed E-state index contributed by atoms with van der Waals surface area (Å²) < 4.78 is 0. The zero-order valence-electron chi connectivity index (χ0n) is 14.0. The first-order chi connectivity index (χ1) is 11.6. The fourth-order valence-corrected chi connectivity index (χ4v) is 3.09. The maximum Gasteiger partial charge on any atom is 0.314 e. The number of benzene rings is 2. The maximum atomic E-state index is 11.4. The molecule has 1 unspecified atom stereocenters. The zero-order chi connectivity index (χ0) is 17.4. The summed E-state index contributed by atoms with van der Waals surface area (Å²) in [5.41, 5.74) is 2.54. The van der Waals surface area contributed by atoms with Gasteiger partial charge in [0.1, 0.15) is 11.7 Å². The number of carboxylic acids is 1. The molecule has 0 bridgehead atoms. The topological polar surface area (TPSA) is 54.4 Å². The lowest BCUT2D eigenvalue weighted by molar-refractivity contribution is -0.146. The number of carbonyl (C=O) groups is 2. The number of carbonyl (C=O) groups excluding carboxylic acids is 1. The predicted molar refractivity (Wildman–Crippen MR) is 95.0 cm³/mol. The van der Waals surface area contributed by atoms with E-state index in [1.54, 1.807) is 0 Å². The largest absolute Gasteiger partial charge is 0.481 e. The minimum atomic E-state index is -1.01. The number of unbranched alkanes of at least 4 members (excludes halogenated alkanes) is 1. The second-order valence-electron chi connectivity index (χ2n) is 6.16. The molecule has 2 rings (SSSR count). The summed E-state index contributed by atoms with van der Waals surface area (Å²) in [5.74, 6) is -1.83. The molecule has 3 heteroatoms. The van der Waals surface area contributed by atoms with Gasteiger partial charge in [0.25, 0.3) is 0 Å². The lowest BCUT2D eigenvalue weighted by atomic mass is 9.86. The van der Waals surface area contributed by atoms with E-state index in [1.807, 2.05) is 36.4 Å². The summed E-state index contributed by atoms with van der Waals surface area (Å²) in [6.45, 7) is 1.36. The van der Waals surface area contributed by atoms with E-state index in [4.69, 9.17) is 5.11 Å². The van der Waals surface area contributed by atoms with Crippen molar-refractivity contribution >= 4 is 11.8 Å². The predicted octanol–water partition coefficient (Wildman–Crippen LogP) is 4.67. The van der Waals surface area contributed by atoms with Gasteiger partial charge >= 0.3 is 5.97 Å². The Labute approximate surface area is 143 Å². The molecule has 0 aliphatic rings. The van der Waals surface area contributed by atoms with Crippen LogP contribution in [0.1, 0.15) is 49.7 Å². The van der Waals surface area contributed by atoms with Crippen molar-refractivity contribution in [2.45, 2.75) is 38.5 Å². The van der Waals surface area contributed by atoms with E-state index in [0.29, 0.717) is 12.3 Å². The summed E-state index contributed by atoms with van der Waals surface area (Å²) in [6.07, 6.45) is 3.00. The highest BCUT2D eigenvalue weighted by Crippen LogP contribution is 2.30. The molecule has 2 aromatic rings. The van der Waals surface area contributed by atoms with Crippen molar-refractivity contribution in [3.8, 4) is 0 Å². The average molecular weight is 324 g/mol. The van der Waals surface area contributed by atoms with Crippen LogP contribution in [0.3, 0.4) is 0 Å². The molecule has 1 atom stereocenters. The first-order valence-electron chi connectivity index (χ1n) is 8.42. The minimum Gasteiger partial charge on any atom is -0.481 e. The monoisotopic (exact) mass is 324 g/mol. The van der Waals surface area contributed by atoms with Gasteiger partial charge in [0.15, 0.2) is 0 Å². The van der Waals surface area contributed by atoms with Gasteiger partial charge in [0.2, 0.25) is 0 Å². The van der Waals surface area contributed by atoms with E-state index in [1.165, 1.54) is 18.1 Å². The second-order valence-corrected chi connectivity index (χ2v) is 6.16. The number of hydrogen-bond acceptors (Lipinski definition) is 2. The normalized spacial score (nSPS) is 12.1. The Morgan fingerprint density at radius 2 is 1.29 bits per heavy atom. The smallest absolute Gasteiger partial charge is 0.314 e. The van der Waals surface area contributed by atoms with Crippen LogP contribution in [0.25, 0.3) is 0 Å². The van der Waals surface area contributed by atoms with Crippen LogP contribution in [0.15, 0.2) is 60.7 Å². The number of rotatable bonds is 9. The molecule has 0 radical (unpaired) electrons. The number of ketones is 1. The number of aliphatic carboxylic acids is 1. The Morgan fingerprint density at radius 1 is 0.833 bits per heavy atom. The Hall–Kier alpha value is -2.42. The number of carboxylic acid groups (broad SMARTS) is 1. The van der Waals surface area contributed by atoms with Crippen LogP contribution in [-0.2, 0) is 9.59 Å². The highest BCUT2D eigenvalue weighted by Gasteiger charge is 2.22. The molecule has 1 N–H and O–H groups in total. The molecular formula is C21H24O3. The first-order valence-corrected chi connectivity index (χ1v) is 8.42. The van der Waals surface area contributed by atoms with Crippen molar-refractivity contribution in [3.63, 3.8) is 0 Å². The molecule has 0 aliphatic carbocycles. The third kappa shape index (κ3) is 5.05. The van der Waals surface area contributed by atoms with Crippen molar-refractivity contribution in [1.29, 1.82) is 0 Å². The van der Waals surface area contributed by atoms with Crippen LogP contribution in [-0.4, -0.2) is 16.9 Å². The summed E-state index contributed by atoms with van der Waals surface area (Å²) in [7, 11) is 0. The number of hydrogen-bond donors (Lipinski definition) is 1. The van der Waals surface area contributed by atoms with Crippen molar-refractivity contribution < 1.29 is 14.7 Å². The Bertz CT molecular complexity index is 596. The van der Waals surface area contributed by atoms with Crippen LogP contribution < -0.4 is 0 Å². The molecule has 0 saturated carbocycles. The second kappa shape index (κ2) is 9.02. The van der Waals surface area contributed by atoms with E-state index in [-0.39, 0.29) is 5.78 Å². The fraction of sp³-hybridized carbons (Fsp3) is 0.333. The molecular weight excluding hydrogens is 300 g/mol. The molecule has 0 amide bonds. The maximum absolute atomic E-state index is 11.4. The Kier molecular flexibility index (Phi) is 6.74. The van der Waals surface area contributed by atoms with E-state index < -0.39 is 11.9 Å². The quantitative estimate of drug-likeness (QED) is 0.539.